The van der Waals surface area contributed by atoms with Gasteiger partial charge in [0.25, 0.3) is 5.91 Å². The third-order valence-corrected chi connectivity index (χ3v) is 3.27. The zero-order valence-electron chi connectivity index (χ0n) is 10.0. The molecule has 3 nitrogen and oxygen atoms in total. The number of amides is 1. The van der Waals surface area contributed by atoms with Crippen molar-refractivity contribution in [2.45, 2.75) is 38.1 Å². The Kier molecular flexibility index (Phi) is 4.40. The molecule has 17 heavy (non-hydrogen) atoms. The fraction of sp³-hybridized carbons (Fsp3) is 0.462. The van der Waals surface area contributed by atoms with E-state index >= 15 is 0 Å². The van der Waals surface area contributed by atoms with Crippen molar-refractivity contribution >= 4 is 24.0 Å². The lowest BCUT2D eigenvalue weighted by Gasteiger charge is -2.25. The molecule has 1 saturated carbocycles. The van der Waals surface area contributed by atoms with E-state index in [-0.39, 0.29) is 23.9 Å². The molecule has 0 bridgehead atoms. The minimum Gasteiger partial charge on any atom is -0.399 e. The highest BCUT2D eigenvalue weighted by Gasteiger charge is 2.30. The second-order valence-corrected chi connectivity index (χ2v) is 4.85. The van der Waals surface area contributed by atoms with Crippen molar-refractivity contribution in [1.29, 1.82) is 0 Å². The molecule has 1 fully saturated rings. The van der Waals surface area contributed by atoms with E-state index < -0.39 is 0 Å². The molecular weight excluding hydrogens is 236 g/mol. The van der Waals surface area contributed by atoms with Crippen LogP contribution in [0.25, 0.3) is 0 Å². The second kappa shape index (κ2) is 5.41. The normalized spacial score (nSPS) is 17.2. The quantitative estimate of drug-likeness (QED) is 0.798. The van der Waals surface area contributed by atoms with Gasteiger partial charge < -0.3 is 11.1 Å². The number of rotatable bonds is 2. The zero-order valence-corrected chi connectivity index (χ0v) is 10.8. The molecule has 0 aliphatic heterocycles. The van der Waals surface area contributed by atoms with Gasteiger partial charge in [0.15, 0.2) is 0 Å². The van der Waals surface area contributed by atoms with Gasteiger partial charge in [0.05, 0.1) is 0 Å². The smallest absolute Gasteiger partial charge is 0.251 e. The molecule has 1 aromatic carbocycles. The second-order valence-electron chi connectivity index (χ2n) is 4.85. The van der Waals surface area contributed by atoms with Crippen LogP contribution in [0.2, 0.25) is 0 Å². The van der Waals surface area contributed by atoms with Crippen LogP contribution in [-0.2, 0) is 0 Å². The van der Waals surface area contributed by atoms with Crippen LogP contribution < -0.4 is 11.1 Å². The van der Waals surface area contributed by atoms with Crippen molar-refractivity contribution in [3.8, 4) is 0 Å². The fourth-order valence-electron chi connectivity index (χ4n) is 2.31. The summed E-state index contributed by atoms with van der Waals surface area (Å²) in [6, 6.07) is 7.10. The van der Waals surface area contributed by atoms with Crippen LogP contribution in [-0.4, -0.2) is 11.4 Å². The van der Waals surface area contributed by atoms with Crippen LogP contribution in [0.4, 0.5) is 5.69 Å². The molecule has 3 N–H and O–H groups in total. The number of nitrogen functional groups attached to an aromatic ring is 1. The van der Waals surface area contributed by atoms with E-state index in [1.165, 1.54) is 12.8 Å². The first kappa shape index (κ1) is 13.8. The summed E-state index contributed by atoms with van der Waals surface area (Å²) in [4.78, 5) is 12.0. The van der Waals surface area contributed by atoms with Crippen molar-refractivity contribution in [2.24, 2.45) is 0 Å². The van der Waals surface area contributed by atoms with Gasteiger partial charge in [0.2, 0.25) is 0 Å². The van der Waals surface area contributed by atoms with Crippen LogP contribution in [0.5, 0.6) is 0 Å². The van der Waals surface area contributed by atoms with Crippen molar-refractivity contribution < 1.29 is 4.79 Å². The summed E-state index contributed by atoms with van der Waals surface area (Å²) >= 11 is 0. The third-order valence-electron chi connectivity index (χ3n) is 3.27. The molecule has 1 amide bonds. The minimum atomic E-state index is -0.0261. The zero-order chi connectivity index (χ0) is 11.6. The van der Waals surface area contributed by atoms with Crippen molar-refractivity contribution in [2.75, 3.05) is 5.73 Å². The Balaban J connectivity index is 0.00000144. The third kappa shape index (κ3) is 3.37. The average Bonchev–Trinajstić information content (AvgIpc) is 2.65. The van der Waals surface area contributed by atoms with E-state index in [4.69, 9.17) is 5.73 Å². The largest absolute Gasteiger partial charge is 0.399 e. The molecule has 94 valence electrons. The number of hydrogen-bond donors (Lipinski definition) is 2. The van der Waals surface area contributed by atoms with Crippen LogP contribution in [0.15, 0.2) is 24.3 Å². The summed E-state index contributed by atoms with van der Waals surface area (Å²) < 4.78 is 0. The summed E-state index contributed by atoms with van der Waals surface area (Å²) in [5.74, 6) is -0.0169. The first-order valence-corrected chi connectivity index (χ1v) is 5.77. The monoisotopic (exact) mass is 254 g/mol. The van der Waals surface area contributed by atoms with Crippen LogP contribution in [0, 0.1) is 0 Å². The Morgan fingerprint density at radius 1 is 1.35 bits per heavy atom. The van der Waals surface area contributed by atoms with E-state index in [9.17, 15) is 4.79 Å². The van der Waals surface area contributed by atoms with Crippen LogP contribution in [0.1, 0.15) is 43.0 Å². The highest BCUT2D eigenvalue weighted by atomic mass is 35.5. The first-order chi connectivity index (χ1) is 7.59. The van der Waals surface area contributed by atoms with E-state index in [1.807, 2.05) is 0 Å². The molecule has 0 atom stereocenters. The number of nitrogens with two attached hydrogens (primary N) is 1. The van der Waals surface area contributed by atoms with Crippen molar-refractivity contribution in [1.82, 2.24) is 5.32 Å². The van der Waals surface area contributed by atoms with Gasteiger partial charge in [0.1, 0.15) is 0 Å². The molecule has 0 aromatic heterocycles. The summed E-state index contributed by atoms with van der Waals surface area (Å²) in [7, 11) is 0. The number of halogens is 1. The van der Waals surface area contributed by atoms with Crippen LogP contribution in [0.3, 0.4) is 0 Å². The van der Waals surface area contributed by atoms with Crippen molar-refractivity contribution in [3.05, 3.63) is 29.8 Å². The maximum atomic E-state index is 12.0. The Morgan fingerprint density at radius 2 is 2.00 bits per heavy atom. The highest BCUT2D eigenvalue weighted by Crippen LogP contribution is 2.29. The Morgan fingerprint density at radius 3 is 2.59 bits per heavy atom. The van der Waals surface area contributed by atoms with Gasteiger partial charge in [-0.1, -0.05) is 18.9 Å². The molecule has 0 spiro atoms. The molecule has 0 radical (unpaired) electrons. The summed E-state index contributed by atoms with van der Waals surface area (Å²) in [5.41, 5.74) is 6.91. The molecule has 1 aliphatic carbocycles. The average molecular weight is 255 g/mol. The van der Waals surface area contributed by atoms with Crippen molar-refractivity contribution in [3.63, 3.8) is 0 Å². The van der Waals surface area contributed by atoms with E-state index in [1.54, 1.807) is 24.3 Å². The van der Waals surface area contributed by atoms with Gasteiger partial charge in [-0.05, 0) is 38.0 Å². The number of benzene rings is 1. The van der Waals surface area contributed by atoms with Gasteiger partial charge >= 0.3 is 0 Å². The molecule has 2 rings (SSSR count). The lowest BCUT2D eigenvalue weighted by molar-refractivity contribution is 0.0908. The molecule has 0 heterocycles. The Bertz CT molecular complexity index is 400. The number of hydrogen-bond acceptors (Lipinski definition) is 2. The summed E-state index contributed by atoms with van der Waals surface area (Å²) in [6.45, 7) is 2.12. The molecule has 0 unspecified atom stereocenters. The van der Waals surface area contributed by atoms with E-state index in [2.05, 4.69) is 12.2 Å². The van der Waals surface area contributed by atoms with Gasteiger partial charge in [-0.15, -0.1) is 12.4 Å². The number of carbonyl (C=O) groups is 1. The molecule has 4 heteroatoms. The van der Waals surface area contributed by atoms with Gasteiger partial charge in [-0.2, -0.15) is 0 Å². The fourth-order valence-corrected chi connectivity index (χ4v) is 2.31. The standard InChI is InChI=1S/C13H18N2O.ClH/c1-13(7-2-3-8-13)15-12(16)10-5-4-6-11(14)9-10;/h4-6,9H,2-3,7-8,14H2,1H3,(H,15,16);1H. The topological polar surface area (TPSA) is 55.1 Å². The summed E-state index contributed by atoms with van der Waals surface area (Å²) in [6.07, 6.45) is 4.55. The lowest BCUT2D eigenvalue weighted by Crippen LogP contribution is -2.43. The van der Waals surface area contributed by atoms with Gasteiger partial charge in [-0.25, -0.2) is 0 Å². The molecular formula is C13H19ClN2O. The lowest BCUT2D eigenvalue weighted by atomic mass is 10.00. The highest BCUT2D eigenvalue weighted by molar-refractivity contribution is 5.95. The van der Waals surface area contributed by atoms with E-state index in [0.717, 1.165) is 12.8 Å². The number of carbonyl (C=O) groups excluding carboxylic acids is 1. The van der Waals surface area contributed by atoms with E-state index in [0.29, 0.717) is 11.3 Å². The Hall–Kier alpha value is -1.22. The molecule has 1 aliphatic rings. The van der Waals surface area contributed by atoms with Gasteiger partial charge in [-0.3, -0.25) is 4.79 Å². The predicted octanol–water partition coefficient (Wildman–Crippen LogP) is 2.75. The van der Waals surface area contributed by atoms with Gasteiger partial charge in [0, 0.05) is 16.8 Å². The van der Waals surface area contributed by atoms with Crippen LogP contribution >= 0.6 is 12.4 Å². The molecule has 0 saturated heterocycles. The first-order valence-electron chi connectivity index (χ1n) is 5.77. The number of anilines is 1. The molecule has 1 aromatic rings. The number of nitrogens with one attached hydrogen (secondary N) is 1. The SMILES string of the molecule is CC1(NC(=O)c2cccc(N)c2)CCCC1.Cl. The predicted molar refractivity (Wildman–Crippen MR) is 72.4 cm³/mol. The maximum absolute atomic E-state index is 12.0. The maximum Gasteiger partial charge on any atom is 0.251 e. The Labute approximate surface area is 108 Å². The minimum absolute atomic E-state index is 0. The summed E-state index contributed by atoms with van der Waals surface area (Å²) in [5, 5.41) is 3.10.